The summed E-state index contributed by atoms with van der Waals surface area (Å²) in [6, 6.07) is 1.73. The topological polar surface area (TPSA) is 102 Å². The third-order valence-corrected chi connectivity index (χ3v) is 3.85. The van der Waals surface area contributed by atoms with Gasteiger partial charge in [0.2, 0.25) is 0 Å². The van der Waals surface area contributed by atoms with E-state index in [0.29, 0.717) is 36.5 Å². The van der Waals surface area contributed by atoms with Crippen LogP contribution < -0.4 is 5.69 Å². The number of aryl methyl sites for hydroxylation is 1. The van der Waals surface area contributed by atoms with E-state index in [1.165, 1.54) is 0 Å². The Morgan fingerprint density at radius 1 is 1.32 bits per heavy atom. The van der Waals surface area contributed by atoms with Gasteiger partial charge in [0.15, 0.2) is 11.5 Å². The largest absolute Gasteiger partial charge is 0.343 e. The molecule has 1 aliphatic heterocycles. The van der Waals surface area contributed by atoms with Gasteiger partial charge < -0.3 is 9.47 Å². The number of nitrogens with one attached hydrogen (secondary N) is 1. The van der Waals surface area contributed by atoms with Crippen LogP contribution in [0.1, 0.15) is 16.2 Å². The molecule has 0 aliphatic carbocycles. The van der Waals surface area contributed by atoms with Gasteiger partial charge in [0.05, 0.1) is 18.4 Å². The predicted molar refractivity (Wildman–Crippen MR) is 76.1 cm³/mol. The zero-order valence-electron chi connectivity index (χ0n) is 11.9. The van der Waals surface area contributed by atoms with Crippen LogP contribution in [-0.4, -0.2) is 46.7 Å². The van der Waals surface area contributed by atoms with Crippen molar-refractivity contribution in [2.75, 3.05) is 6.54 Å². The first-order valence-electron chi connectivity index (χ1n) is 6.84. The van der Waals surface area contributed by atoms with Gasteiger partial charge in [-0.25, -0.2) is 19.9 Å². The fraction of sp³-hybridized carbons (Fsp3) is 0.308. The van der Waals surface area contributed by atoms with E-state index in [0.717, 1.165) is 5.65 Å². The Labute approximate surface area is 124 Å². The molecule has 1 N–H and O–H groups in total. The van der Waals surface area contributed by atoms with Crippen LogP contribution in [0.15, 0.2) is 23.4 Å². The number of hydrogen-bond acceptors (Lipinski definition) is 5. The summed E-state index contributed by atoms with van der Waals surface area (Å²) >= 11 is 0. The smallest absolute Gasteiger partial charge is 0.329 e. The standard InChI is InChI=1S/C13H13N7O2/c1-18-7-15-9-4-8(5-14-11(9)18)12(21)19-2-3-20-10(6-19)16-17-13(20)22/h4-5,7H,2-3,6H2,1H3,(H,17,22). The molecule has 0 radical (unpaired) electrons. The van der Waals surface area contributed by atoms with Crippen molar-refractivity contribution in [3.63, 3.8) is 0 Å². The minimum atomic E-state index is -0.237. The van der Waals surface area contributed by atoms with E-state index >= 15 is 0 Å². The molecule has 0 fully saturated rings. The second-order valence-electron chi connectivity index (χ2n) is 5.25. The van der Waals surface area contributed by atoms with Gasteiger partial charge in [0, 0.05) is 26.3 Å². The van der Waals surface area contributed by atoms with Gasteiger partial charge in [-0.05, 0) is 6.07 Å². The number of amides is 1. The Hall–Kier alpha value is -2.97. The molecule has 0 spiro atoms. The average molecular weight is 299 g/mol. The van der Waals surface area contributed by atoms with Crippen molar-refractivity contribution in [3.05, 3.63) is 40.5 Å². The van der Waals surface area contributed by atoms with E-state index < -0.39 is 0 Å². The number of aromatic nitrogens is 6. The lowest BCUT2D eigenvalue weighted by Gasteiger charge is -2.26. The van der Waals surface area contributed by atoms with Gasteiger partial charge in [-0.3, -0.25) is 9.36 Å². The number of nitrogens with zero attached hydrogens (tertiary/aromatic N) is 6. The van der Waals surface area contributed by atoms with Crippen molar-refractivity contribution in [1.29, 1.82) is 0 Å². The van der Waals surface area contributed by atoms with E-state index in [9.17, 15) is 9.59 Å². The Bertz CT molecular complexity index is 935. The lowest BCUT2D eigenvalue weighted by molar-refractivity contribution is 0.0706. The fourth-order valence-electron chi connectivity index (χ4n) is 2.66. The summed E-state index contributed by atoms with van der Waals surface area (Å²) in [5, 5.41) is 6.34. The number of fused-ring (bicyclic) bond motifs is 2. The zero-order valence-corrected chi connectivity index (χ0v) is 11.9. The third kappa shape index (κ3) is 1.82. The summed E-state index contributed by atoms with van der Waals surface area (Å²) in [6.45, 7) is 1.21. The summed E-state index contributed by atoms with van der Waals surface area (Å²) in [5.41, 5.74) is 1.66. The highest BCUT2D eigenvalue weighted by molar-refractivity contribution is 5.96. The molecule has 9 nitrogen and oxygen atoms in total. The molecule has 112 valence electrons. The number of imidazole rings is 1. The Balaban J connectivity index is 1.64. The van der Waals surface area contributed by atoms with E-state index in [2.05, 4.69) is 20.2 Å². The Morgan fingerprint density at radius 2 is 2.18 bits per heavy atom. The van der Waals surface area contributed by atoms with E-state index in [4.69, 9.17) is 0 Å². The average Bonchev–Trinajstić information content (AvgIpc) is 3.10. The third-order valence-electron chi connectivity index (χ3n) is 3.85. The molecule has 0 aromatic carbocycles. The second kappa shape index (κ2) is 4.52. The number of aromatic amines is 1. The molecule has 1 aliphatic rings. The summed E-state index contributed by atoms with van der Waals surface area (Å²) in [5.74, 6) is 0.429. The number of pyridine rings is 1. The van der Waals surface area contributed by atoms with Crippen LogP contribution in [0.5, 0.6) is 0 Å². The van der Waals surface area contributed by atoms with Gasteiger partial charge in [0.25, 0.3) is 5.91 Å². The van der Waals surface area contributed by atoms with E-state index in [1.54, 1.807) is 32.6 Å². The van der Waals surface area contributed by atoms with Crippen LogP contribution in [0, 0.1) is 0 Å². The SMILES string of the molecule is Cn1cnc2cc(C(=O)N3CCn4c(n[nH]c4=O)C3)cnc21. The predicted octanol–water partition coefficient (Wildman–Crippen LogP) is -0.491. The number of rotatable bonds is 1. The molecule has 0 saturated carbocycles. The van der Waals surface area contributed by atoms with Crippen molar-refractivity contribution >= 4 is 17.1 Å². The van der Waals surface area contributed by atoms with Gasteiger partial charge in [-0.2, -0.15) is 5.10 Å². The number of hydrogen-bond donors (Lipinski definition) is 1. The molecule has 0 saturated heterocycles. The Morgan fingerprint density at radius 3 is 3.05 bits per heavy atom. The summed E-state index contributed by atoms with van der Waals surface area (Å²) < 4.78 is 3.34. The summed E-state index contributed by atoms with van der Waals surface area (Å²) in [6.07, 6.45) is 3.22. The van der Waals surface area contributed by atoms with Crippen LogP contribution in [0.25, 0.3) is 11.2 Å². The van der Waals surface area contributed by atoms with Crippen LogP contribution in [0.4, 0.5) is 0 Å². The first-order chi connectivity index (χ1) is 10.6. The molecule has 3 aromatic heterocycles. The molecule has 9 heteroatoms. The zero-order chi connectivity index (χ0) is 15.3. The molecule has 4 rings (SSSR count). The van der Waals surface area contributed by atoms with Crippen molar-refractivity contribution in [3.8, 4) is 0 Å². The fourth-order valence-corrected chi connectivity index (χ4v) is 2.66. The highest BCUT2D eigenvalue weighted by atomic mass is 16.2. The van der Waals surface area contributed by atoms with Gasteiger partial charge >= 0.3 is 5.69 Å². The molecule has 3 aromatic rings. The van der Waals surface area contributed by atoms with Crippen LogP contribution in [0.2, 0.25) is 0 Å². The van der Waals surface area contributed by atoms with E-state index in [-0.39, 0.29) is 11.6 Å². The highest BCUT2D eigenvalue weighted by Gasteiger charge is 2.24. The van der Waals surface area contributed by atoms with Crippen molar-refractivity contribution in [2.45, 2.75) is 13.1 Å². The summed E-state index contributed by atoms with van der Waals surface area (Å²) in [4.78, 5) is 34.2. The van der Waals surface area contributed by atoms with Crippen LogP contribution in [-0.2, 0) is 20.1 Å². The van der Waals surface area contributed by atoms with Gasteiger partial charge in [-0.1, -0.05) is 0 Å². The van der Waals surface area contributed by atoms with Gasteiger partial charge in [-0.15, -0.1) is 0 Å². The maximum atomic E-state index is 12.6. The normalized spacial score (nSPS) is 14.3. The first-order valence-corrected chi connectivity index (χ1v) is 6.84. The Kier molecular flexibility index (Phi) is 2.62. The molecule has 4 heterocycles. The second-order valence-corrected chi connectivity index (χ2v) is 5.25. The van der Waals surface area contributed by atoms with E-state index in [1.807, 2.05) is 7.05 Å². The molecular weight excluding hydrogens is 286 g/mol. The maximum absolute atomic E-state index is 12.6. The molecule has 0 bridgehead atoms. The summed E-state index contributed by atoms with van der Waals surface area (Å²) in [7, 11) is 1.85. The first kappa shape index (κ1) is 12.7. The lowest BCUT2D eigenvalue weighted by Crippen LogP contribution is -2.40. The minimum absolute atomic E-state index is 0.137. The van der Waals surface area contributed by atoms with Crippen molar-refractivity contribution in [2.24, 2.45) is 7.05 Å². The minimum Gasteiger partial charge on any atom is -0.329 e. The number of carbonyl (C=O) groups excluding carboxylic acids is 1. The molecule has 0 atom stereocenters. The highest BCUT2D eigenvalue weighted by Crippen LogP contribution is 2.15. The molecule has 1 amide bonds. The maximum Gasteiger partial charge on any atom is 0.343 e. The van der Waals surface area contributed by atoms with Gasteiger partial charge in [0.1, 0.15) is 5.52 Å². The molecule has 0 unspecified atom stereocenters. The molecule has 22 heavy (non-hydrogen) atoms. The molecular formula is C13H13N7O2. The van der Waals surface area contributed by atoms with Crippen LogP contribution in [0.3, 0.4) is 0 Å². The monoisotopic (exact) mass is 299 g/mol. The van der Waals surface area contributed by atoms with Crippen LogP contribution >= 0.6 is 0 Å². The quantitative estimate of drug-likeness (QED) is 0.653. The number of carbonyl (C=O) groups is 1. The van der Waals surface area contributed by atoms with Crippen molar-refractivity contribution < 1.29 is 4.79 Å². The van der Waals surface area contributed by atoms with Crippen molar-refractivity contribution in [1.82, 2.24) is 34.2 Å². The number of H-pyrrole nitrogens is 1. The lowest BCUT2D eigenvalue weighted by atomic mass is 10.2.